The number of hydrogen-bond acceptors (Lipinski definition) is 3. The van der Waals surface area contributed by atoms with E-state index < -0.39 is 6.10 Å². The van der Waals surface area contributed by atoms with Gasteiger partial charge in [0.15, 0.2) is 11.9 Å². The van der Waals surface area contributed by atoms with Crippen LogP contribution in [0.1, 0.15) is 16.2 Å². The second kappa shape index (κ2) is 5.56. The number of ether oxygens (including phenoxy) is 1. The molecule has 0 saturated carbocycles. The Kier molecular flexibility index (Phi) is 3.39. The Bertz CT molecular complexity index is 874. The molecule has 0 unspecified atom stereocenters. The molecule has 114 valence electrons. The molecule has 1 atom stereocenters. The molecule has 5 heteroatoms. The summed E-state index contributed by atoms with van der Waals surface area (Å²) in [5.74, 6) is 0.955. The number of carbonyl (C=O) groups is 1. The van der Waals surface area contributed by atoms with Gasteiger partial charge in [0.25, 0.3) is 0 Å². The minimum atomic E-state index is -0.562. The van der Waals surface area contributed by atoms with Gasteiger partial charge in [-0.1, -0.05) is 29.8 Å². The number of carbonyl (C=O) groups excluding carboxylic acids is 1. The highest BCUT2D eigenvalue weighted by Gasteiger charge is 2.32. The van der Waals surface area contributed by atoms with Gasteiger partial charge in [-0.15, -0.1) is 0 Å². The van der Waals surface area contributed by atoms with E-state index in [2.05, 4.69) is 4.98 Å². The van der Waals surface area contributed by atoms with Crippen LogP contribution < -0.4 is 4.74 Å². The van der Waals surface area contributed by atoms with Crippen LogP contribution in [-0.2, 0) is 6.42 Å². The zero-order valence-electron chi connectivity index (χ0n) is 12.1. The van der Waals surface area contributed by atoms with Gasteiger partial charge in [-0.05, 0) is 35.9 Å². The Balaban J connectivity index is 1.64. The van der Waals surface area contributed by atoms with E-state index >= 15 is 0 Å². The Morgan fingerprint density at radius 3 is 2.87 bits per heavy atom. The van der Waals surface area contributed by atoms with Crippen molar-refractivity contribution in [1.29, 1.82) is 0 Å². The smallest absolute Gasteiger partial charge is 0.239 e. The van der Waals surface area contributed by atoms with E-state index in [1.165, 1.54) is 0 Å². The summed E-state index contributed by atoms with van der Waals surface area (Å²) in [5, 5.41) is 0.645. The lowest BCUT2D eigenvalue weighted by molar-refractivity contribution is 0.0812. The molecule has 1 aliphatic rings. The van der Waals surface area contributed by atoms with E-state index in [0.717, 1.165) is 11.3 Å². The molecule has 1 aromatic heterocycles. The van der Waals surface area contributed by atoms with E-state index in [1.807, 2.05) is 36.4 Å². The zero-order valence-corrected chi connectivity index (χ0v) is 12.9. The topological polar surface area (TPSA) is 44.1 Å². The van der Waals surface area contributed by atoms with E-state index in [1.54, 1.807) is 29.1 Å². The first-order valence-electron chi connectivity index (χ1n) is 7.30. The third-order valence-corrected chi connectivity index (χ3v) is 4.12. The fraction of sp³-hybridized carbons (Fsp3) is 0.111. The highest BCUT2D eigenvalue weighted by Crippen LogP contribution is 2.32. The molecular weight excluding hydrogens is 312 g/mol. The second-order valence-electron chi connectivity index (χ2n) is 5.38. The first-order valence-corrected chi connectivity index (χ1v) is 7.68. The van der Waals surface area contributed by atoms with Crippen LogP contribution in [-0.4, -0.2) is 21.4 Å². The number of rotatable bonds is 3. The Morgan fingerprint density at radius 2 is 2.04 bits per heavy atom. The molecule has 0 radical (unpaired) electrons. The first kappa shape index (κ1) is 14.0. The molecule has 0 saturated heterocycles. The number of aromatic nitrogens is 2. The maximum absolute atomic E-state index is 12.8. The van der Waals surface area contributed by atoms with E-state index in [0.29, 0.717) is 23.0 Å². The summed E-state index contributed by atoms with van der Waals surface area (Å²) in [6.07, 6.45) is 3.35. The van der Waals surface area contributed by atoms with E-state index in [-0.39, 0.29) is 5.78 Å². The van der Waals surface area contributed by atoms with Crippen LogP contribution in [0.3, 0.4) is 0 Å². The number of ketones is 1. The average molecular weight is 325 g/mol. The summed E-state index contributed by atoms with van der Waals surface area (Å²) in [6.45, 7) is 0. The maximum atomic E-state index is 12.8. The molecule has 2 heterocycles. The van der Waals surface area contributed by atoms with Crippen molar-refractivity contribution in [3.05, 3.63) is 77.3 Å². The van der Waals surface area contributed by atoms with Crippen molar-refractivity contribution in [3.63, 3.8) is 0 Å². The van der Waals surface area contributed by atoms with Crippen molar-refractivity contribution < 1.29 is 9.53 Å². The molecule has 1 aliphatic heterocycles. The van der Waals surface area contributed by atoms with Gasteiger partial charge < -0.3 is 4.74 Å². The molecule has 23 heavy (non-hydrogen) atoms. The number of para-hydroxylation sites is 1. The Hall–Kier alpha value is -2.59. The highest BCUT2D eigenvalue weighted by atomic mass is 35.5. The first-order chi connectivity index (χ1) is 11.2. The third-order valence-electron chi connectivity index (χ3n) is 3.88. The fourth-order valence-electron chi connectivity index (χ4n) is 2.79. The summed E-state index contributed by atoms with van der Waals surface area (Å²) in [5.41, 5.74) is 1.85. The van der Waals surface area contributed by atoms with Crippen molar-refractivity contribution in [2.45, 2.75) is 12.5 Å². The Morgan fingerprint density at radius 1 is 1.22 bits per heavy atom. The van der Waals surface area contributed by atoms with E-state index in [4.69, 9.17) is 16.3 Å². The lowest BCUT2D eigenvalue weighted by atomic mass is 10.1. The van der Waals surface area contributed by atoms with Crippen LogP contribution in [0.4, 0.5) is 0 Å². The van der Waals surface area contributed by atoms with Gasteiger partial charge in [0, 0.05) is 29.5 Å². The average Bonchev–Trinajstić information content (AvgIpc) is 3.21. The second-order valence-corrected chi connectivity index (χ2v) is 5.82. The lowest BCUT2D eigenvalue weighted by Gasteiger charge is -2.11. The number of Topliss-reactive ketones (excluding diaryl/α,β-unsaturated/α-hetero) is 1. The quantitative estimate of drug-likeness (QED) is 0.690. The highest BCUT2D eigenvalue weighted by molar-refractivity contribution is 6.30. The van der Waals surface area contributed by atoms with Gasteiger partial charge in [0.2, 0.25) is 5.78 Å². The summed E-state index contributed by atoms with van der Waals surface area (Å²) >= 11 is 6.00. The molecule has 0 amide bonds. The van der Waals surface area contributed by atoms with Crippen LogP contribution in [0.2, 0.25) is 5.02 Å². The monoisotopic (exact) mass is 324 g/mol. The number of halogens is 1. The summed E-state index contributed by atoms with van der Waals surface area (Å²) in [6, 6.07) is 15.1. The van der Waals surface area contributed by atoms with Gasteiger partial charge in [-0.25, -0.2) is 4.98 Å². The molecule has 0 spiro atoms. The molecule has 4 nitrogen and oxygen atoms in total. The van der Waals surface area contributed by atoms with Crippen molar-refractivity contribution >= 4 is 17.4 Å². The van der Waals surface area contributed by atoms with Gasteiger partial charge >= 0.3 is 0 Å². The molecular formula is C18H13ClN2O2. The van der Waals surface area contributed by atoms with E-state index in [9.17, 15) is 4.79 Å². The molecule has 0 bridgehead atoms. The normalized spacial score (nSPS) is 16.0. The predicted octanol–water partition coefficient (Wildman–Crippen LogP) is 3.71. The minimum Gasteiger partial charge on any atom is -0.481 e. The summed E-state index contributed by atoms with van der Waals surface area (Å²) in [7, 11) is 0. The van der Waals surface area contributed by atoms with Crippen LogP contribution in [0.25, 0.3) is 5.69 Å². The minimum absolute atomic E-state index is 0.133. The molecule has 4 rings (SSSR count). The number of fused-ring (bicyclic) bond motifs is 1. The van der Waals surface area contributed by atoms with Gasteiger partial charge in [0.05, 0.1) is 0 Å². The molecule has 0 fully saturated rings. The number of benzene rings is 2. The standard InChI is InChI=1S/C18H13ClN2O2/c19-13-6-7-15-12(10-13)11-16(23-15)17(22)18-20-8-9-21(18)14-4-2-1-3-5-14/h1-10,16H,11H2/t16-/m1/s1. The van der Waals surface area contributed by atoms with Crippen LogP contribution in [0.15, 0.2) is 60.9 Å². The van der Waals surface area contributed by atoms with Gasteiger partial charge in [-0.3, -0.25) is 9.36 Å². The Labute approximate surface area is 138 Å². The fourth-order valence-corrected chi connectivity index (χ4v) is 2.98. The van der Waals surface area contributed by atoms with Crippen LogP contribution >= 0.6 is 11.6 Å². The van der Waals surface area contributed by atoms with Crippen molar-refractivity contribution in [1.82, 2.24) is 9.55 Å². The lowest BCUT2D eigenvalue weighted by Crippen LogP contribution is -2.28. The summed E-state index contributed by atoms with van der Waals surface area (Å²) in [4.78, 5) is 17.0. The molecule has 0 aliphatic carbocycles. The van der Waals surface area contributed by atoms with Crippen LogP contribution in [0.5, 0.6) is 5.75 Å². The van der Waals surface area contributed by atoms with Gasteiger partial charge in [0.1, 0.15) is 5.75 Å². The summed E-state index contributed by atoms with van der Waals surface area (Å²) < 4.78 is 7.56. The maximum Gasteiger partial charge on any atom is 0.239 e. The number of imidazole rings is 1. The largest absolute Gasteiger partial charge is 0.481 e. The predicted molar refractivity (Wildman–Crippen MR) is 87.5 cm³/mol. The third kappa shape index (κ3) is 2.51. The number of nitrogens with zero attached hydrogens (tertiary/aromatic N) is 2. The van der Waals surface area contributed by atoms with Crippen LogP contribution in [0, 0.1) is 0 Å². The SMILES string of the molecule is O=C(c1nccn1-c1ccccc1)[C@H]1Cc2cc(Cl)ccc2O1. The molecule has 2 aromatic carbocycles. The van der Waals surface area contributed by atoms with Crippen molar-refractivity contribution in [2.75, 3.05) is 0 Å². The van der Waals surface area contributed by atoms with Gasteiger partial charge in [-0.2, -0.15) is 0 Å². The number of hydrogen-bond donors (Lipinski definition) is 0. The van der Waals surface area contributed by atoms with Crippen molar-refractivity contribution in [2.24, 2.45) is 0 Å². The van der Waals surface area contributed by atoms with Crippen molar-refractivity contribution in [3.8, 4) is 11.4 Å². The molecule has 3 aromatic rings. The zero-order chi connectivity index (χ0) is 15.8. The molecule has 0 N–H and O–H groups in total.